The Morgan fingerprint density at radius 1 is 1.33 bits per heavy atom. The third kappa shape index (κ3) is 4.98. The molecule has 116 valence electrons. The average molecular weight is 294 g/mol. The van der Waals surface area contributed by atoms with E-state index in [9.17, 15) is 9.59 Å². The Morgan fingerprint density at radius 2 is 2.00 bits per heavy atom. The van der Waals surface area contributed by atoms with Crippen molar-refractivity contribution in [3.05, 3.63) is 23.8 Å². The summed E-state index contributed by atoms with van der Waals surface area (Å²) in [6, 6.07) is 4.85. The molecule has 0 bridgehead atoms. The maximum absolute atomic E-state index is 11.8. The van der Waals surface area contributed by atoms with Crippen LogP contribution in [0.3, 0.4) is 0 Å². The molecular formula is C15H22N2O4. The van der Waals surface area contributed by atoms with Crippen molar-refractivity contribution in [3.63, 3.8) is 0 Å². The minimum atomic E-state index is -0.911. The summed E-state index contributed by atoms with van der Waals surface area (Å²) in [5.41, 5.74) is 1.53. The Kier molecular flexibility index (Phi) is 6.02. The first kappa shape index (κ1) is 16.8. The van der Waals surface area contributed by atoms with Crippen LogP contribution in [-0.2, 0) is 4.79 Å². The first-order chi connectivity index (χ1) is 9.85. The van der Waals surface area contributed by atoms with Crippen LogP contribution in [0.15, 0.2) is 18.2 Å². The number of carboxylic acids is 1. The van der Waals surface area contributed by atoms with E-state index in [0.29, 0.717) is 5.69 Å². The molecule has 0 aliphatic carbocycles. The van der Waals surface area contributed by atoms with Crippen LogP contribution >= 0.6 is 0 Å². The number of ether oxygens (including phenoxy) is 1. The number of carbonyl (C=O) groups excluding carboxylic acids is 1. The van der Waals surface area contributed by atoms with Gasteiger partial charge in [-0.15, -0.1) is 0 Å². The van der Waals surface area contributed by atoms with Crippen molar-refractivity contribution < 1.29 is 19.4 Å². The van der Waals surface area contributed by atoms with Gasteiger partial charge in [-0.25, -0.2) is 4.79 Å². The van der Waals surface area contributed by atoms with E-state index in [0.717, 1.165) is 11.3 Å². The van der Waals surface area contributed by atoms with Crippen molar-refractivity contribution in [3.8, 4) is 5.75 Å². The fourth-order valence-corrected chi connectivity index (χ4v) is 1.94. The zero-order valence-corrected chi connectivity index (χ0v) is 12.8. The average Bonchev–Trinajstić information content (AvgIpc) is 2.38. The van der Waals surface area contributed by atoms with Gasteiger partial charge in [0.05, 0.1) is 13.0 Å². The molecule has 1 atom stereocenters. The number of carbonyl (C=O) groups is 2. The Morgan fingerprint density at radius 3 is 2.48 bits per heavy atom. The van der Waals surface area contributed by atoms with E-state index in [1.165, 1.54) is 0 Å². The minimum Gasteiger partial charge on any atom is -0.496 e. The first-order valence-corrected chi connectivity index (χ1v) is 6.77. The van der Waals surface area contributed by atoms with Crippen LogP contribution in [-0.4, -0.2) is 30.8 Å². The Balaban J connectivity index is 2.58. The highest BCUT2D eigenvalue weighted by molar-refractivity contribution is 5.89. The molecule has 1 unspecified atom stereocenters. The first-order valence-electron chi connectivity index (χ1n) is 6.77. The molecule has 3 N–H and O–H groups in total. The van der Waals surface area contributed by atoms with Gasteiger partial charge in [-0.3, -0.25) is 4.79 Å². The second-order valence-electron chi connectivity index (χ2n) is 5.21. The number of urea groups is 1. The maximum Gasteiger partial charge on any atom is 0.319 e. The summed E-state index contributed by atoms with van der Waals surface area (Å²) in [4.78, 5) is 22.8. The third-order valence-electron chi connectivity index (χ3n) is 3.26. The predicted octanol–water partition coefficient (Wildman–Crippen LogP) is 2.48. The van der Waals surface area contributed by atoms with Gasteiger partial charge >= 0.3 is 12.0 Å². The molecule has 0 fully saturated rings. The predicted molar refractivity (Wildman–Crippen MR) is 80.7 cm³/mol. The number of hydrogen-bond acceptors (Lipinski definition) is 3. The number of hydrogen-bond donors (Lipinski definition) is 3. The van der Waals surface area contributed by atoms with Crippen molar-refractivity contribution in [2.45, 2.75) is 20.8 Å². The lowest BCUT2D eigenvalue weighted by Crippen LogP contribution is -2.37. The van der Waals surface area contributed by atoms with Gasteiger partial charge in [0, 0.05) is 12.2 Å². The zero-order valence-electron chi connectivity index (χ0n) is 12.8. The van der Waals surface area contributed by atoms with E-state index < -0.39 is 17.9 Å². The highest BCUT2D eigenvalue weighted by Crippen LogP contribution is 2.21. The maximum atomic E-state index is 11.8. The monoisotopic (exact) mass is 294 g/mol. The summed E-state index contributed by atoms with van der Waals surface area (Å²) in [5.74, 6) is -0.823. The zero-order chi connectivity index (χ0) is 16.0. The van der Waals surface area contributed by atoms with Crippen LogP contribution in [0, 0.1) is 18.8 Å². The van der Waals surface area contributed by atoms with Gasteiger partial charge in [-0.1, -0.05) is 13.8 Å². The van der Waals surface area contributed by atoms with Crippen LogP contribution in [0.1, 0.15) is 19.4 Å². The van der Waals surface area contributed by atoms with E-state index in [1.807, 2.05) is 20.8 Å². The molecular weight excluding hydrogens is 272 g/mol. The van der Waals surface area contributed by atoms with E-state index in [1.54, 1.807) is 25.3 Å². The summed E-state index contributed by atoms with van der Waals surface area (Å²) >= 11 is 0. The van der Waals surface area contributed by atoms with E-state index in [-0.39, 0.29) is 12.5 Å². The lowest BCUT2D eigenvalue weighted by molar-refractivity contribution is -0.142. The molecule has 0 saturated heterocycles. The lowest BCUT2D eigenvalue weighted by Gasteiger charge is -2.17. The lowest BCUT2D eigenvalue weighted by atomic mass is 9.96. The summed E-state index contributed by atoms with van der Waals surface area (Å²) in [7, 11) is 1.58. The fourth-order valence-electron chi connectivity index (χ4n) is 1.94. The SMILES string of the molecule is COc1ccc(NC(=O)NCC(C(=O)O)C(C)C)cc1C. The third-order valence-corrected chi connectivity index (χ3v) is 3.26. The van der Waals surface area contributed by atoms with Gasteiger partial charge in [0.1, 0.15) is 5.75 Å². The van der Waals surface area contributed by atoms with Crippen LogP contribution in [0.4, 0.5) is 10.5 Å². The molecule has 1 aromatic rings. The summed E-state index contributed by atoms with van der Waals surface area (Å²) < 4.78 is 5.14. The molecule has 0 heterocycles. The Hall–Kier alpha value is -2.24. The number of aryl methyl sites for hydroxylation is 1. The van der Waals surface area contributed by atoms with Gasteiger partial charge in [-0.2, -0.15) is 0 Å². The van der Waals surface area contributed by atoms with Crippen molar-refractivity contribution in [1.29, 1.82) is 0 Å². The van der Waals surface area contributed by atoms with Crippen LogP contribution < -0.4 is 15.4 Å². The molecule has 1 rings (SSSR count). The highest BCUT2D eigenvalue weighted by Gasteiger charge is 2.21. The van der Waals surface area contributed by atoms with Crippen LogP contribution in [0.25, 0.3) is 0 Å². The Bertz CT molecular complexity index is 514. The number of nitrogens with one attached hydrogen (secondary N) is 2. The van der Waals surface area contributed by atoms with Crippen molar-refractivity contribution in [1.82, 2.24) is 5.32 Å². The molecule has 0 saturated carbocycles. The fraction of sp³-hybridized carbons (Fsp3) is 0.467. The number of amides is 2. The van der Waals surface area contributed by atoms with Crippen molar-refractivity contribution >= 4 is 17.7 Å². The smallest absolute Gasteiger partial charge is 0.319 e. The van der Waals surface area contributed by atoms with Gasteiger partial charge in [0.2, 0.25) is 0 Å². The standard InChI is InChI=1S/C15H22N2O4/c1-9(2)12(14(18)19)8-16-15(20)17-11-5-6-13(21-4)10(3)7-11/h5-7,9,12H,8H2,1-4H3,(H,18,19)(H2,16,17,20). The van der Waals surface area contributed by atoms with Crippen LogP contribution in [0.2, 0.25) is 0 Å². The molecule has 6 heteroatoms. The quantitative estimate of drug-likeness (QED) is 0.752. The largest absolute Gasteiger partial charge is 0.496 e. The summed E-state index contributed by atoms with van der Waals surface area (Å²) in [6.45, 7) is 5.59. The Labute approximate surface area is 124 Å². The molecule has 0 aromatic heterocycles. The van der Waals surface area contributed by atoms with Crippen molar-refractivity contribution in [2.24, 2.45) is 11.8 Å². The van der Waals surface area contributed by atoms with Gasteiger partial charge in [-0.05, 0) is 36.6 Å². The van der Waals surface area contributed by atoms with E-state index in [2.05, 4.69) is 10.6 Å². The highest BCUT2D eigenvalue weighted by atomic mass is 16.5. The molecule has 6 nitrogen and oxygen atoms in total. The number of aliphatic carboxylic acids is 1. The summed E-state index contributed by atoms with van der Waals surface area (Å²) in [6.07, 6.45) is 0. The van der Waals surface area contributed by atoms with Crippen molar-refractivity contribution in [2.75, 3.05) is 19.0 Å². The molecule has 0 aliphatic rings. The molecule has 21 heavy (non-hydrogen) atoms. The van der Waals surface area contributed by atoms with Crippen LogP contribution in [0.5, 0.6) is 5.75 Å². The molecule has 0 radical (unpaired) electrons. The number of anilines is 1. The second kappa shape index (κ2) is 7.52. The molecule has 2 amide bonds. The number of benzene rings is 1. The van der Waals surface area contributed by atoms with Gasteiger partial charge in [0.25, 0.3) is 0 Å². The second-order valence-corrected chi connectivity index (χ2v) is 5.21. The number of carboxylic acid groups (broad SMARTS) is 1. The van der Waals surface area contributed by atoms with Gasteiger partial charge in [0.15, 0.2) is 0 Å². The summed E-state index contributed by atoms with van der Waals surface area (Å²) in [5, 5.41) is 14.3. The topological polar surface area (TPSA) is 87.7 Å². The molecule has 0 aliphatic heterocycles. The minimum absolute atomic E-state index is 0.0500. The molecule has 1 aromatic carbocycles. The van der Waals surface area contributed by atoms with Gasteiger partial charge < -0.3 is 20.5 Å². The van der Waals surface area contributed by atoms with E-state index in [4.69, 9.17) is 9.84 Å². The van der Waals surface area contributed by atoms with E-state index >= 15 is 0 Å². The number of rotatable bonds is 6. The normalized spacial score (nSPS) is 11.9. The molecule has 0 spiro atoms. The number of methoxy groups -OCH3 is 1.